The number of hydrazone groups is 1. The molecular formula is C12H16IN3O3. The van der Waals surface area contributed by atoms with E-state index in [-0.39, 0.29) is 0 Å². The normalized spacial score (nSPS) is 10.5. The van der Waals surface area contributed by atoms with Crippen molar-refractivity contribution >= 4 is 34.8 Å². The van der Waals surface area contributed by atoms with Crippen LogP contribution in [0.1, 0.15) is 18.9 Å². The van der Waals surface area contributed by atoms with Crippen LogP contribution in [0, 0.1) is 3.57 Å². The number of urea groups is 1. The van der Waals surface area contributed by atoms with Crippen LogP contribution >= 0.6 is 22.6 Å². The summed E-state index contributed by atoms with van der Waals surface area (Å²) in [5.74, 6) is 1.34. The number of primary amides is 1. The van der Waals surface area contributed by atoms with E-state index >= 15 is 0 Å². The van der Waals surface area contributed by atoms with Crippen molar-refractivity contribution in [3.05, 3.63) is 21.3 Å². The summed E-state index contributed by atoms with van der Waals surface area (Å²) in [5, 5.41) is 3.70. The smallest absolute Gasteiger partial charge is 0.332 e. The van der Waals surface area contributed by atoms with E-state index < -0.39 is 6.03 Å². The molecule has 0 aliphatic heterocycles. The summed E-state index contributed by atoms with van der Waals surface area (Å²) in [6.45, 7) is 2.67. The van der Waals surface area contributed by atoms with Crippen LogP contribution in [0.25, 0.3) is 0 Å². The first-order valence-corrected chi connectivity index (χ1v) is 6.75. The van der Waals surface area contributed by atoms with Gasteiger partial charge in [-0.05, 0) is 46.7 Å². The highest BCUT2D eigenvalue weighted by Crippen LogP contribution is 2.33. The van der Waals surface area contributed by atoms with Crippen LogP contribution < -0.4 is 20.6 Å². The number of hydrogen-bond donors (Lipinski definition) is 2. The van der Waals surface area contributed by atoms with Crippen LogP contribution in [0.2, 0.25) is 0 Å². The molecule has 0 aliphatic carbocycles. The summed E-state index contributed by atoms with van der Waals surface area (Å²) in [5.41, 5.74) is 7.82. The fourth-order valence-electron chi connectivity index (χ4n) is 1.33. The standard InChI is InChI=1S/C12H16IN3O3/c1-3-4-19-11-9(13)5-8(6-10(11)18-2)7-15-16-12(14)17/h5-7H,3-4H2,1-2H3,(H3,14,16,17). The third-order valence-corrected chi connectivity index (χ3v) is 2.89. The molecule has 104 valence electrons. The van der Waals surface area contributed by atoms with Gasteiger partial charge in [-0.25, -0.2) is 10.2 Å². The Kier molecular flexibility index (Phi) is 6.40. The molecule has 0 spiro atoms. The van der Waals surface area contributed by atoms with E-state index in [2.05, 4.69) is 33.1 Å². The second-order valence-corrected chi connectivity index (χ2v) is 4.78. The predicted molar refractivity (Wildman–Crippen MR) is 81.8 cm³/mol. The zero-order valence-corrected chi connectivity index (χ0v) is 12.9. The molecule has 1 aromatic carbocycles. The highest BCUT2D eigenvalue weighted by molar-refractivity contribution is 14.1. The summed E-state index contributed by atoms with van der Waals surface area (Å²) in [6, 6.07) is 2.94. The average molecular weight is 377 g/mol. The van der Waals surface area contributed by atoms with E-state index in [4.69, 9.17) is 15.2 Å². The number of carbonyl (C=O) groups is 1. The van der Waals surface area contributed by atoms with E-state index in [1.54, 1.807) is 13.2 Å². The van der Waals surface area contributed by atoms with Gasteiger partial charge in [0.25, 0.3) is 0 Å². The Morgan fingerprint density at radius 2 is 2.32 bits per heavy atom. The Hall–Kier alpha value is -1.51. The molecule has 7 heteroatoms. The molecule has 0 atom stereocenters. The molecule has 0 aliphatic rings. The molecule has 2 amide bonds. The molecule has 1 rings (SSSR count). The molecule has 0 fully saturated rings. The van der Waals surface area contributed by atoms with Crippen molar-refractivity contribution < 1.29 is 14.3 Å². The summed E-state index contributed by atoms with van der Waals surface area (Å²) >= 11 is 2.16. The van der Waals surface area contributed by atoms with Gasteiger partial charge in [0.2, 0.25) is 0 Å². The number of benzene rings is 1. The second kappa shape index (κ2) is 7.82. The predicted octanol–water partition coefficient (Wildman–Crippen LogP) is 2.09. The number of rotatable bonds is 6. The van der Waals surface area contributed by atoms with Crippen LogP contribution in [-0.4, -0.2) is 26.0 Å². The minimum absolute atomic E-state index is 0.626. The zero-order chi connectivity index (χ0) is 14.3. The first-order valence-electron chi connectivity index (χ1n) is 5.67. The Morgan fingerprint density at radius 3 is 2.89 bits per heavy atom. The van der Waals surface area contributed by atoms with Crippen molar-refractivity contribution in [2.24, 2.45) is 10.8 Å². The molecule has 0 aromatic heterocycles. The van der Waals surface area contributed by atoms with Crippen LogP contribution in [-0.2, 0) is 0 Å². The maximum Gasteiger partial charge on any atom is 0.332 e. The summed E-state index contributed by atoms with van der Waals surface area (Å²) in [7, 11) is 1.58. The lowest BCUT2D eigenvalue weighted by atomic mass is 10.2. The van der Waals surface area contributed by atoms with Gasteiger partial charge >= 0.3 is 6.03 Å². The molecule has 1 aromatic rings. The number of ether oxygens (including phenoxy) is 2. The summed E-state index contributed by atoms with van der Waals surface area (Å²) in [4.78, 5) is 10.5. The SMILES string of the molecule is CCCOc1c(I)cc(C=NNC(N)=O)cc1OC. The van der Waals surface area contributed by atoms with Crippen molar-refractivity contribution in [3.63, 3.8) is 0 Å². The van der Waals surface area contributed by atoms with Crippen LogP contribution in [0.3, 0.4) is 0 Å². The maximum atomic E-state index is 10.5. The van der Waals surface area contributed by atoms with Crippen molar-refractivity contribution in [2.45, 2.75) is 13.3 Å². The number of nitrogens with one attached hydrogen (secondary N) is 1. The molecule has 0 saturated carbocycles. The number of methoxy groups -OCH3 is 1. The highest BCUT2D eigenvalue weighted by atomic mass is 127. The Morgan fingerprint density at radius 1 is 1.58 bits per heavy atom. The van der Waals surface area contributed by atoms with Gasteiger partial charge in [0.15, 0.2) is 11.5 Å². The molecule has 0 unspecified atom stereocenters. The topological polar surface area (TPSA) is 85.9 Å². The van der Waals surface area contributed by atoms with Crippen molar-refractivity contribution in [3.8, 4) is 11.5 Å². The van der Waals surface area contributed by atoms with Gasteiger partial charge in [-0.15, -0.1) is 0 Å². The van der Waals surface area contributed by atoms with Crippen LogP contribution in [0.15, 0.2) is 17.2 Å². The van der Waals surface area contributed by atoms with E-state index in [1.165, 1.54) is 6.21 Å². The quantitative estimate of drug-likeness (QED) is 0.452. The fraction of sp³-hybridized carbons (Fsp3) is 0.333. The molecule has 0 saturated heterocycles. The molecule has 6 nitrogen and oxygen atoms in total. The summed E-state index contributed by atoms with van der Waals surface area (Å²) in [6.07, 6.45) is 2.41. The van der Waals surface area contributed by atoms with Gasteiger partial charge in [0.05, 0.1) is 23.5 Å². The van der Waals surface area contributed by atoms with E-state index in [0.717, 1.165) is 15.6 Å². The lowest BCUT2D eigenvalue weighted by molar-refractivity contribution is 0.249. The molecule has 0 bridgehead atoms. The van der Waals surface area contributed by atoms with Gasteiger partial charge < -0.3 is 15.2 Å². The van der Waals surface area contributed by atoms with Crippen LogP contribution in [0.4, 0.5) is 4.79 Å². The Labute approximate surface area is 125 Å². The average Bonchev–Trinajstić information content (AvgIpc) is 2.36. The lowest BCUT2D eigenvalue weighted by Crippen LogP contribution is -2.24. The highest BCUT2D eigenvalue weighted by Gasteiger charge is 2.10. The fourth-order valence-corrected chi connectivity index (χ4v) is 2.11. The van der Waals surface area contributed by atoms with Crippen molar-refractivity contribution in [1.29, 1.82) is 0 Å². The van der Waals surface area contributed by atoms with Crippen molar-refractivity contribution in [2.75, 3.05) is 13.7 Å². The largest absolute Gasteiger partial charge is 0.493 e. The number of hydrogen-bond acceptors (Lipinski definition) is 4. The first-order chi connectivity index (χ1) is 9.08. The molecule has 0 heterocycles. The Bertz CT molecular complexity index is 478. The minimum Gasteiger partial charge on any atom is -0.493 e. The van der Waals surface area contributed by atoms with Crippen LogP contribution in [0.5, 0.6) is 11.5 Å². The van der Waals surface area contributed by atoms with Gasteiger partial charge in [0, 0.05) is 0 Å². The first kappa shape index (κ1) is 15.5. The lowest BCUT2D eigenvalue weighted by Gasteiger charge is -2.12. The third-order valence-electron chi connectivity index (χ3n) is 2.09. The monoisotopic (exact) mass is 377 g/mol. The molecule has 19 heavy (non-hydrogen) atoms. The van der Waals surface area contributed by atoms with Gasteiger partial charge in [-0.2, -0.15) is 5.10 Å². The number of carbonyl (C=O) groups excluding carboxylic acids is 1. The van der Waals surface area contributed by atoms with Gasteiger partial charge in [-0.1, -0.05) is 6.92 Å². The number of nitrogens with two attached hydrogens (primary N) is 1. The number of amides is 2. The van der Waals surface area contributed by atoms with Crippen molar-refractivity contribution in [1.82, 2.24) is 5.43 Å². The number of halogens is 1. The minimum atomic E-state index is -0.708. The molecule has 3 N–H and O–H groups in total. The summed E-state index contributed by atoms with van der Waals surface area (Å²) < 4.78 is 11.8. The molecule has 0 radical (unpaired) electrons. The zero-order valence-electron chi connectivity index (χ0n) is 10.8. The Balaban J connectivity index is 2.95. The van der Waals surface area contributed by atoms with E-state index in [9.17, 15) is 4.79 Å². The second-order valence-electron chi connectivity index (χ2n) is 3.62. The van der Waals surface area contributed by atoms with Gasteiger partial charge in [-0.3, -0.25) is 0 Å². The van der Waals surface area contributed by atoms with E-state index in [1.807, 2.05) is 13.0 Å². The third kappa shape index (κ3) is 4.93. The molecular weight excluding hydrogens is 361 g/mol. The maximum absolute atomic E-state index is 10.5. The number of nitrogens with zero attached hydrogens (tertiary/aromatic N) is 1. The van der Waals surface area contributed by atoms with E-state index in [0.29, 0.717) is 18.1 Å². The van der Waals surface area contributed by atoms with Gasteiger partial charge in [0.1, 0.15) is 0 Å².